The number of carbonyl (C=O) groups is 1. The first-order valence-electron chi connectivity index (χ1n) is 8.50. The van der Waals surface area contributed by atoms with E-state index in [4.69, 9.17) is 14.2 Å². The molecule has 0 radical (unpaired) electrons. The summed E-state index contributed by atoms with van der Waals surface area (Å²) < 4.78 is 16.0. The molecule has 0 bridgehead atoms. The van der Waals surface area contributed by atoms with Gasteiger partial charge >= 0.3 is 5.97 Å². The minimum absolute atomic E-state index is 0.414. The number of methoxy groups -OCH3 is 1. The molecule has 4 nitrogen and oxygen atoms in total. The molecule has 0 atom stereocenters. The van der Waals surface area contributed by atoms with Crippen molar-refractivity contribution in [3.8, 4) is 28.4 Å². The SMILES string of the molecule is C=CCOc1ccc(C(=O)Oc2ccc(-c3ccc(OC)cc3)cc2)cc1. The highest BCUT2D eigenvalue weighted by atomic mass is 16.5. The summed E-state index contributed by atoms with van der Waals surface area (Å²) in [5.74, 6) is 1.56. The third kappa shape index (κ3) is 4.76. The molecule has 0 fully saturated rings. The van der Waals surface area contributed by atoms with Crippen molar-refractivity contribution >= 4 is 5.97 Å². The van der Waals surface area contributed by atoms with Gasteiger partial charge in [-0.1, -0.05) is 36.9 Å². The summed E-state index contributed by atoms with van der Waals surface area (Å²) in [6.45, 7) is 4.02. The molecular formula is C23H20O4. The maximum absolute atomic E-state index is 12.3. The van der Waals surface area contributed by atoms with Crippen LogP contribution in [-0.4, -0.2) is 19.7 Å². The molecule has 0 aliphatic rings. The molecule has 0 heterocycles. The quantitative estimate of drug-likeness (QED) is 0.332. The molecule has 0 unspecified atom stereocenters. The predicted octanol–water partition coefficient (Wildman–Crippen LogP) is 5.15. The summed E-state index contributed by atoms with van der Waals surface area (Å²) >= 11 is 0. The van der Waals surface area contributed by atoms with Crippen LogP contribution in [0.15, 0.2) is 85.5 Å². The zero-order chi connectivity index (χ0) is 19.1. The third-order valence-corrected chi connectivity index (χ3v) is 3.95. The maximum Gasteiger partial charge on any atom is 0.343 e. The number of ether oxygens (including phenoxy) is 3. The van der Waals surface area contributed by atoms with Crippen LogP contribution in [0, 0.1) is 0 Å². The summed E-state index contributed by atoms with van der Waals surface area (Å²) in [6.07, 6.45) is 1.66. The van der Waals surface area contributed by atoms with E-state index in [1.807, 2.05) is 36.4 Å². The first-order chi connectivity index (χ1) is 13.2. The second-order valence-electron chi connectivity index (χ2n) is 5.77. The first-order valence-corrected chi connectivity index (χ1v) is 8.50. The number of hydrogen-bond donors (Lipinski definition) is 0. The van der Waals surface area contributed by atoms with E-state index in [2.05, 4.69) is 6.58 Å². The molecule has 0 aromatic heterocycles. The highest BCUT2D eigenvalue weighted by Gasteiger charge is 2.09. The van der Waals surface area contributed by atoms with Crippen LogP contribution in [-0.2, 0) is 0 Å². The van der Waals surface area contributed by atoms with Crippen LogP contribution in [0.2, 0.25) is 0 Å². The van der Waals surface area contributed by atoms with Crippen molar-refractivity contribution in [3.05, 3.63) is 91.0 Å². The summed E-state index contributed by atoms with van der Waals surface area (Å²) in [5.41, 5.74) is 2.55. The van der Waals surface area contributed by atoms with Crippen molar-refractivity contribution in [1.82, 2.24) is 0 Å². The Morgan fingerprint density at radius 3 is 1.85 bits per heavy atom. The second kappa shape index (κ2) is 8.72. The lowest BCUT2D eigenvalue weighted by atomic mass is 10.1. The van der Waals surface area contributed by atoms with Gasteiger partial charge in [0.1, 0.15) is 23.9 Å². The predicted molar refractivity (Wildman–Crippen MR) is 106 cm³/mol. The maximum atomic E-state index is 12.3. The molecule has 0 saturated carbocycles. The summed E-state index contributed by atoms with van der Waals surface area (Å²) in [6, 6.07) is 22.0. The molecule has 0 aliphatic carbocycles. The van der Waals surface area contributed by atoms with E-state index in [1.165, 1.54) is 0 Å². The van der Waals surface area contributed by atoms with Crippen molar-refractivity contribution < 1.29 is 19.0 Å². The monoisotopic (exact) mass is 360 g/mol. The highest BCUT2D eigenvalue weighted by molar-refractivity contribution is 5.91. The van der Waals surface area contributed by atoms with Gasteiger partial charge in [-0.2, -0.15) is 0 Å². The average molecular weight is 360 g/mol. The standard InChI is InChI=1S/C23H20O4/c1-3-16-26-21-12-8-19(9-13-21)23(24)27-22-14-6-18(7-15-22)17-4-10-20(25-2)11-5-17/h3-15H,1,16H2,2H3. The van der Waals surface area contributed by atoms with Crippen LogP contribution in [0.25, 0.3) is 11.1 Å². The van der Waals surface area contributed by atoms with Crippen LogP contribution in [0.1, 0.15) is 10.4 Å². The highest BCUT2D eigenvalue weighted by Crippen LogP contribution is 2.25. The topological polar surface area (TPSA) is 44.8 Å². The lowest BCUT2D eigenvalue weighted by Gasteiger charge is -2.08. The van der Waals surface area contributed by atoms with Crippen molar-refractivity contribution in [1.29, 1.82) is 0 Å². The second-order valence-corrected chi connectivity index (χ2v) is 5.77. The fraction of sp³-hybridized carbons (Fsp3) is 0.0870. The van der Waals surface area contributed by atoms with E-state index in [-0.39, 0.29) is 0 Å². The summed E-state index contributed by atoms with van der Waals surface area (Å²) in [5, 5.41) is 0. The Kier molecular flexibility index (Phi) is 5.90. The average Bonchev–Trinajstić information content (AvgIpc) is 2.73. The molecule has 0 aliphatic heterocycles. The molecular weight excluding hydrogens is 340 g/mol. The van der Waals surface area contributed by atoms with Crippen molar-refractivity contribution in [2.24, 2.45) is 0 Å². The van der Waals surface area contributed by atoms with E-state index < -0.39 is 5.97 Å². The van der Waals surface area contributed by atoms with Gasteiger partial charge in [-0.15, -0.1) is 0 Å². The van der Waals surface area contributed by atoms with Gasteiger partial charge in [0.15, 0.2) is 0 Å². The minimum Gasteiger partial charge on any atom is -0.497 e. The molecule has 0 N–H and O–H groups in total. The Hall–Kier alpha value is -3.53. The molecule has 3 aromatic carbocycles. The Labute approximate surface area is 158 Å². The van der Waals surface area contributed by atoms with Gasteiger partial charge in [-0.3, -0.25) is 0 Å². The number of rotatable bonds is 7. The Morgan fingerprint density at radius 2 is 1.33 bits per heavy atom. The number of carbonyl (C=O) groups excluding carboxylic acids is 1. The molecule has 0 saturated heterocycles. The fourth-order valence-corrected chi connectivity index (χ4v) is 2.51. The van der Waals surface area contributed by atoms with Gasteiger partial charge in [0.2, 0.25) is 0 Å². The lowest BCUT2D eigenvalue weighted by molar-refractivity contribution is 0.0734. The van der Waals surface area contributed by atoms with Gasteiger partial charge in [0, 0.05) is 0 Å². The van der Waals surface area contributed by atoms with Gasteiger partial charge in [-0.25, -0.2) is 4.79 Å². The van der Waals surface area contributed by atoms with Crippen LogP contribution >= 0.6 is 0 Å². The normalized spacial score (nSPS) is 10.1. The minimum atomic E-state index is -0.414. The summed E-state index contributed by atoms with van der Waals surface area (Å²) in [4.78, 5) is 12.3. The van der Waals surface area contributed by atoms with Gasteiger partial charge in [-0.05, 0) is 59.7 Å². The lowest BCUT2D eigenvalue weighted by Crippen LogP contribution is -2.08. The molecule has 136 valence electrons. The van der Waals surface area contributed by atoms with E-state index in [1.54, 1.807) is 49.6 Å². The molecule has 4 heteroatoms. The van der Waals surface area contributed by atoms with E-state index in [0.717, 1.165) is 16.9 Å². The van der Waals surface area contributed by atoms with Crippen molar-refractivity contribution in [2.75, 3.05) is 13.7 Å². The van der Waals surface area contributed by atoms with Crippen LogP contribution in [0.3, 0.4) is 0 Å². The van der Waals surface area contributed by atoms with E-state index >= 15 is 0 Å². The van der Waals surface area contributed by atoms with Gasteiger partial charge < -0.3 is 14.2 Å². The number of esters is 1. The van der Waals surface area contributed by atoms with Crippen LogP contribution in [0.5, 0.6) is 17.2 Å². The molecule has 0 spiro atoms. The fourth-order valence-electron chi connectivity index (χ4n) is 2.51. The van der Waals surface area contributed by atoms with Crippen LogP contribution < -0.4 is 14.2 Å². The van der Waals surface area contributed by atoms with E-state index in [9.17, 15) is 4.79 Å². The van der Waals surface area contributed by atoms with Gasteiger partial charge in [0.05, 0.1) is 12.7 Å². The number of benzene rings is 3. The van der Waals surface area contributed by atoms with Crippen LogP contribution in [0.4, 0.5) is 0 Å². The zero-order valence-corrected chi connectivity index (χ0v) is 15.1. The Morgan fingerprint density at radius 1 is 0.815 bits per heavy atom. The zero-order valence-electron chi connectivity index (χ0n) is 15.1. The molecule has 3 rings (SSSR count). The first kappa shape index (κ1) is 18.3. The summed E-state index contributed by atoms with van der Waals surface area (Å²) in [7, 11) is 1.64. The third-order valence-electron chi connectivity index (χ3n) is 3.95. The van der Waals surface area contributed by atoms with E-state index in [0.29, 0.717) is 23.7 Å². The Balaban J connectivity index is 1.64. The molecule has 3 aromatic rings. The molecule has 27 heavy (non-hydrogen) atoms. The largest absolute Gasteiger partial charge is 0.497 e. The van der Waals surface area contributed by atoms with Crippen molar-refractivity contribution in [3.63, 3.8) is 0 Å². The molecule has 0 amide bonds. The number of hydrogen-bond acceptors (Lipinski definition) is 4. The smallest absolute Gasteiger partial charge is 0.343 e. The Bertz CT molecular complexity index is 895. The van der Waals surface area contributed by atoms with Crippen molar-refractivity contribution in [2.45, 2.75) is 0 Å². The van der Waals surface area contributed by atoms with Gasteiger partial charge in [0.25, 0.3) is 0 Å².